The highest BCUT2D eigenvalue weighted by atomic mass is 16.5. The van der Waals surface area contributed by atoms with Crippen LogP contribution >= 0.6 is 0 Å². The minimum atomic E-state index is -0.677. The van der Waals surface area contributed by atoms with E-state index in [1.807, 2.05) is 24.3 Å². The van der Waals surface area contributed by atoms with Crippen molar-refractivity contribution in [2.24, 2.45) is 5.73 Å². The summed E-state index contributed by atoms with van der Waals surface area (Å²) in [5.74, 6) is 0. The SMILES string of the molecule is COCc1cccc(C(C)(N)CO)c1. The van der Waals surface area contributed by atoms with Gasteiger partial charge >= 0.3 is 0 Å². The molecule has 78 valence electrons. The molecule has 3 heteroatoms. The van der Waals surface area contributed by atoms with Crippen LogP contribution in [0.2, 0.25) is 0 Å². The molecule has 0 radical (unpaired) electrons. The summed E-state index contributed by atoms with van der Waals surface area (Å²) in [4.78, 5) is 0. The van der Waals surface area contributed by atoms with Crippen LogP contribution in [-0.4, -0.2) is 18.8 Å². The average Bonchev–Trinajstić information content (AvgIpc) is 2.19. The molecule has 1 atom stereocenters. The summed E-state index contributed by atoms with van der Waals surface area (Å²) < 4.78 is 5.03. The summed E-state index contributed by atoms with van der Waals surface area (Å²) in [6.07, 6.45) is 0. The molecule has 1 aromatic carbocycles. The summed E-state index contributed by atoms with van der Waals surface area (Å²) in [5.41, 5.74) is 7.23. The first kappa shape index (κ1) is 11.2. The van der Waals surface area contributed by atoms with Crippen molar-refractivity contribution in [3.05, 3.63) is 35.4 Å². The summed E-state index contributed by atoms with van der Waals surface area (Å²) >= 11 is 0. The number of aliphatic hydroxyl groups is 1. The van der Waals surface area contributed by atoms with Crippen LogP contribution in [0, 0.1) is 0 Å². The van der Waals surface area contributed by atoms with Crippen molar-refractivity contribution >= 4 is 0 Å². The highest BCUT2D eigenvalue weighted by Crippen LogP contribution is 2.18. The molecule has 0 saturated carbocycles. The second kappa shape index (κ2) is 4.55. The Balaban J connectivity index is 2.93. The van der Waals surface area contributed by atoms with Crippen molar-refractivity contribution in [3.63, 3.8) is 0 Å². The Morgan fingerprint density at radius 3 is 2.79 bits per heavy atom. The molecule has 1 unspecified atom stereocenters. The first-order valence-electron chi connectivity index (χ1n) is 4.58. The normalized spacial score (nSPS) is 15.1. The van der Waals surface area contributed by atoms with E-state index in [0.29, 0.717) is 6.61 Å². The molecule has 1 aromatic rings. The zero-order chi connectivity index (χ0) is 10.6. The van der Waals surface area contributed by atoms with Crippen molar-refractivity contribution in [2.75, 3.05) is 13.7 Å². The number of benzene rings is 1. The standard InChI is InChI=1S/C11H17NO2/c1-11(12,8-13)10-5-3-4-9(6-10)7-14-2/h3-6,13H,7-8,12H2,1-2H3. The lowest BCUT2D eigenvalue weighted by Gasteiger charge is -2.22. The van der Waals surface area contributed by atoms with Gasteiger partial charge in [-0.3, -0.25) is 0 Å². The van der Waals surface area contributed by atoms with Gasteiger partial charge in [-0.15, -0.1) is 0 Å². The summed E-state index contributed by atoms with van der Waals surface area (Å²) in [6, 6.07) is 7.76. The minimum absolute atomic E-state index is 0.0660. The first-order valence-corrected chi connectivity index (χ1v) is 4.58. The van der Waals surface area contributed by atoms with Crippen LogP contribution in [0.15, 0.2) is 24.3 Å². The van der Waals surface area contributed by atoms with E-state index in [0.717, 1.165) is 11.1 Å². The Morgan fingerprint density at radius 1 is 1.50 bits per heavy atom. The number of nitrogens with two attached hydrogens (primary N) is 1. The summed E-state index contributed by atoms with van der Waals surface area (Å²) in [5, 5.41) is 9.11. The predicted molar refractivity (Wildman–Crippen MR) is 55.8 cm³/mol. The number of hydrogen-bond acceptors (Lipinski definition) is 3. The van der Waals surface area contributed by atoms with Crippen molar-refractivity contribution in [1.82, 2.24) is 0 Å². The number of hydrogen-bond donors (Lipinski definition) is 2. The fourth-order valence-corrected chi connectivity index (χ4v) is 1.27. The molecule has 0 heterocycles. The van der Waals surface area contributed by atoms with Crippen LogP contribution in [0.1, 0.15) is 18.1 Å². The van der Waals surface area contributed by atoms with Crippen molar-refractivity contribution in [1.29, 1.82) is 0 Å². The Hall–Kier alpha value is -0.900. The van der Waals surface area contributed by atoms with Crippen molar-refractivity contribution in [3.8, 4) is 0 Å². The van der Waals surface area contributed by atoms with E-state index in [-0.39, 0.29) is 6.61 Å². The molecule has 1 rings (SSSR count). The number of methoxy groups -OCH3 is 1. The molecule has 14 heavy (non-hydrogen) atoms. The second-order valence-corrected chi connectivity index (χ2v) is 3.71. The van der Waals surface area contributed by atoms with E-state index < -0.39 is 5.54 Å². The highest BCUT2D eigenvalue weighted by Gasteiger charge is 2.19. The van der Waals surface area contributed by atoms with Crippen LogP contribution in [0.25, 0.3) is 0 Å². The molecule has 0 amide bonds. The third-order valence-corrected chi connectivity index (χ3v) is 2.23. The van der Waals surface area contributed by atoms with E-state index in [9.17, 15) is 0 Å². The fourth-order valence-electron chi connectivity index (χ4n) is 1.27. The molecular formula is C11H17NO2. The van der Waals surface area contributed by atoms with Gasteiger partial charge in [0.1, 0.15) is 0 Å². The van der Waals surface area contributed by atoms with Gasteiger partial charge < -0.3 is 15.6 Å². The molecule has 0 spiro atoms. The summed E-state index contributed by atoms with van der Waals surface area (Å²) in [7, 11) is 1.65. The third-order valence-electron chi connectivity index (χ3n) is 2.23. The van der Waals surface area contributed by atoms with Gasteiger partial charge in [-0.2, -0.15) is 0 Å². The van der Waals surface area contributed by atoms with Crippen LogP contribution < -0.4 is 5.73 Å². The Kier molecular flexibility index (Phi) is 3.63. The third kappa shape index (κ3) is 2.54. The van der Waals surface area contributed by atoms with Gasteiger partial charge in [0.2, 0.25) is 0 Å². The largest absolute Gasteiger partial charge is 0.394 e. The molecule has 0 fully saturated rings. The van der Waals surface area contributed by atoms with E-state index in [2.05, 4.69) is 0 Å². The Bertz CT molecular complexity index is 297. The van der Waals surface area contributed by atoms with Crippen molar-refractivity contribution in [2.45, 2.75) is 19.1 Å². The minimum Gasteiger partial charge on any atom is -0.394 e. The summed E-state index contributed by atoms with van der Waals surface area (Å²) in [6.45, 7) is 2.30. The lowest BCUT2D eigenvalue weighted by atomic mass is 9.93. The molecular weight excluding hydrogens is 178 g/mol. The first-order chi connectivity index (χ1) is 6.60. The quantitative estimate of drug-likeness (QED) is 0.753. The van der Waals surface area contributed by atoms with E-state index in [1.54, 1.807) is 14.0 Å². The van der Waals surface area contributed by atoms with Crippen LogP contribution in [0.5, 0.6) is 0 Å². The Morgan fingerprint density at radius 2 is 2.21 bits per heavy atom. The van der Waals surface area contributed by atoms with Gasteiger partial charge in [0.15, 0.2) is 0 Å². The number of aliphatic hydroxyl groups excluding tert-OH is 1. The van der Waals surface area contributed by atoms with Gasteiger partial charge in [0.25, 0.3) is 0 Å². The fraction of sp³-hybridized carbons (Fsp3) is 0.455. The zero-order valence-electron chi connectivity index (χ0n) is 8.66. The Labute approximate surface area is 84.5 Å². The maximum absolute atomic E-state index is 9.11. The lowest BCUT2D eigenvalue weighted by Crippen LogP contribution is -2.36. The van der Waals surface area contributed by atoms with Crippen LogP contribution in [0.3, 0.4) is 0 Å². The topological polar surface area (TPSA) is 55.5 Å². The van der Waals surface area contributed by atoms with Crippen molar-refractivity contribution < 1.29 is 9.84 Å². The van der Waals surface area contributed by atoms with Crippen LogP contribution in [0.4, 0.5) is 0 Å². The van der Waals surface area contributed by atoms with Gasteiger partial charge in [0.05, 0.1) is 18.8 Å². The molecule has 0 saturated heterocycles. The molecule has 0 aliphatic heterocycles. The smallest absolute Gasteiger partial charge is 0.0713 e. The number of ether oxygens (including phenoxy) is 1. The zero-order valence-corrected chi connectivity index (χ0v) is 8.66. The molecule has 0 aliphatic carbocycles. The maximum Gasteiger partial charge on any atom is 0.0713 e. The van der Waals surface area contributed by atoms with Gasteiger partial charge in [-0.05, 0) is 18.1 Å². The lowest BCUT2D eigenvalue weighted by molar-refractivity contribution is 0.184. The van der Waals surface area contributed by atoms with E-state index in [4.69, 9.17) is 15.6 Å². The monoisotopic (exact) mass is 195 g/mol. The van der Waals surface area contributed by atoms with Gasteiger partial charge in [-0.25, -0.2) is 0 Å². The number of rotatable bonds is 4. The molecule has 0 aromatic heterocycles. The van der Waals surface area contributed by atoms with E-state index in [1.165, 1.54) is 0 Å². The predicted octanol–water partition coefficient (Wildman–Crippen LogP) is 0.999. The maximum atomic E-state index is 9.11. The highest BCUT2D eigenvalue weighted by molar-refractivity contribution is 5.28. The van der Waals surface area contributed by atoms with Gasteiger partial charge in [0, 0.05) is 7.11 Å². The molecule has 3 N–H and O–H groups in total. The van der Waals surface area contributed by atoms with Gasteiger partial charge in [-0.1, -0.05) is 24.3 Å². The average molecular weight is 195 g/mol. The second-order valence-electron chi connectivity index (χ2n) is 3.71. The van der Waals surface area contributed by atoms with E-state index >= 15 is 0 Å². The molecule has 0 bridgehead atoms. The molecule has 3 nitrogen and oxygen atoms in total. The molecule has 0 aliphatic rings. The van der Waals surface area contributed by atoms with Crippen LogP contribution in [-0.2, 0) is 16.9 Å².